The fourth-order valence-corrected chi connectivity index (χ4v) is 3.04. The van der Waals surface area contributed by atoms with Gasteiger partial charge in [0.2, 0.25) is 0 Å². The average Bonchev–Trinajstić information content (AvgIpc) is 3.08. The Morgan fingerprint density at radius 1 is 1.28 bits per heavy atom. The minimum atomic E-state index is -0.562. The second-order valence-corrected chi connectivity index (χ2v) is 6.43. The van der Waals surface area contributed by atoms with Gasteiger partial charge in [-0.25, -0.2) is 9.37 Å². The molecule has 0 bridgehead atoms. The number of anilines is 1. The number of likely N-dealkylation sites (tertiary alicyclic amines) is 1. The molecule has 2 N–H and O–H groups in total. The predicted molar refractivity (Wildman–Crippen MR) is 95.2 cm³/mol. The van der Waals surface area contributed by atoms with Gasteiger partial charge >= 0.3 is 0 Å². The molecular formula is C19H24FN3O2. The number of nitrogens with zero attached hydrogens (tertiary/aromatic N) is 2. The van der Waals surface area contributed by atoms with Gasteiger partial charge in [-0.1, -0.05) is 6.07 Å². The molecule has 0 spiro atoms. The van der Waals surface area contributed by atoms with Crippen LogP contribution in [0.3, 0.4) is 0 Å². The molecule has 2 heterocycles. The molecule has 134 valence electrons. The summed E-state index contributed by atoms with van der Waals surface area (Å²) in [7, 11) is 0. The normalized spacial score (nSPS) is 18.9. The summed E-state index contributed by atoms with van der Waals surface area (Å²) in [4.78, 5) is 6.51. The summed E-state index contributed by atoms with van der Waals surface area (Å²) in [5, 5.41) is 13.5. The third-order valence-corrected chi connectivity index (χ3v) is 4.33. The third kappa shape index (κ3) is 5.69. The van der Waals surface area contributed by atoms with Crippen LogP contribution >= 0.6 is 0 Å². The van der Waals surface area contributed by atoms with Gasteiger partial charge in [0.05, 0.1) is 0 Å². The maximum atomic E-state index is 12.8. The summed E-state index contributed by atoms with van der Waals surface area (Å²) in [5.41, 5.74) is 0. The van der Waals surface area contributed by atoms with Gasteiger partial charge < -0.3 is 20.1 Å². The molecule has 2 aromatic rings. The first-order valence-electron chi connectivity index (χ1n) is 8.63. The molecule has 3 rings (SSSR count). The van der Waals surface area contributed by atoms with Gasteiger partial charge in [0, 0.05) is 25.8 Å². The van der Waals surface area contributed by atoms with E-state index in [-0.39, 0.29) is 12.4 Å². The topological polar surface area (TPSA) is 57.6 Å². The van der Waals surface area contributed by atoms with Gasteiger partial charge in [-0.3, -0.25) is 0 Å². The predicted octanol–water partition coefficient (Wildman–Crippen LogP) is 2.39. The highest BCUT2D eigenvalue weighted by Crippen LogP contribution is 2.17. The van der Waals surface area contributed by atoms with Crippen molar-refractivity contribution in [3.8, 4) is 5.75 Å². The fourth-order valence-electron chi connectivity index (χ4n) is 3.04. The van der Waals surface area contributed by atoms with Crippen molar-refractivity contribution in [2.45, 2.75) is 12.5 Å². The smallest absolute Gasteiger partial charge is 0.125 e. The van der Waals surface area contributed by atoms with Gasteiger partial charge in [0.25, 0.3) is 0 Å². The molecule has 0 aliphatic carbocycles. The molecule has 1 aromatic carbocycles. The van der Waals surface area contributed by atoms with Crippen LogP contribution in [0, 0.1) is 11.7 Å². The maximum absolute atomic E-state index is 12.8. The van der Waals surface area contributed by atoms with Crippen LogP contribution < -0.4 is 10.1 Å². The van der Waals surface area contributed by atoms with E-state index in [1.54, 1.807) is 18.3 Å². The first kappa shape index (κ1) is 17.6. The van der Waals surface area contributed by atoms with E-state index in [1.807, 2.05) is 18.2 Å². The van der Waals surface area contributed by atoms with Crippen LogP contribution in [0.2, 0.25) is 0 Å². The summed E-state index contributed by atoms with van der Waals surface area (Å²) < 4.78 is 18.3. The molecule has 6 heteroatoms. The first-order chi connectivity index (χ1) is 12.2. The lowest BCUT2D eigenvalue weighted by Gasteiger charge is -2.20. The minimum absolute atomic E-state index is 0.207. The molecule has 1 fully saturated rings. The number of ether oxygens (including phenoxy) is 1. The fraction of sp³-hybridized carbons (Fsp3) is 0.421. The molecule has 0 radical (unpaired) electrons. The number of benzene rings is 1. The van der Waals surface area contributed by atoms with E-state index in [4.69, 9.17) is 4.74 Å². The molecule has 1 aliphatic rings. The van der Waals surface area contributed by atoms with Crippen LogP contribution in [0.15, 0.2) is 48.7 Å². The van der Waals surface area contributed by atoms with Gasteiger partial charge in [-0.2, -0.15) is 0 Å². The van der Waals surface area contributed by atoms with Crippen molar-refractivity contribution in [2.75, 3.05) is 38.1 Å². The van der Waals surface area contributed by atoms with Crippen LogP contribution in [0.4, 0.5) is 10.2 Å². The Balaban J connectivity index is 1.35. The Kier molecular flexibility index (Phi) is 6.19. The largest absolute Gasteiger partial charge is 0.491 e. The number of rotatable bonds is 8. The number of hydrogen-bond donors (Lipinski definition) is 2. The van der Waals surface area contributed by atoms with E-state index in [0.29, 0.717) is 18.2 Å². The van der Waals surface area contributed by atoms with Crippen molar-refractivity contribution >= 4 is 5.82 Å². The summed E-state index contributed by atoms with van der Waals surface area (Å²) in [6, 6.07) is 11.7. The van der Waals surface area contributed by atoms with E-state index in [1.165, 1.54) is 12.1 Å². The van der Waals surface area contributed by atoms with Crippen LogP contribution in [-0.4, -0.2) is 53.9 Å². The number of hydrogen-bond acceptors (Lipinski definition) is 5. The molecule has 2 atom stereocenters. The Labute approximate surface area is 147 Å². The Bertz CT molecular complexity index is 639. The van der Waals surface area contributed by atoms with Crippen molar-refractivity contribution in [3.05, 3.63) is 54.5 Å². The lowest BCUT2D eigenvalue weighted by molar-refractivity contribution is 0.0748. The van der Waals surface area contributed by atoms with E-state index >= 15 is 0 Å². The molecule has 25 heavy (non-hydrogen) atoms. The van der Waals surface area contributed by atoms with E-state index < -0.39 is 6.10 Å². The van der Waals surface area contributed by atoms with Crippen LogP contribution in [0.5, 0.6) is 5.75 Å². The number of aromatic nitrogens is 1. The monoisotopic (exact) mass is 345 g/mol. The highest BCUT2D eigenvalue weighted by molar-refractivity contribution is 5.33. The van der Waals surface area contributed by atoms with Crippen LogP contribution in [0.1, 0.15) is 6.42 Å². The van der Waals surface area contributed by atoms with Crippen molar-refractivity contribution in [2.24, 2.45) is 5.92 Å². The lowest BCUT2D eigenvalue weighted by atomic mass is 10.1. The summed E-state index contributed by atoms with van der Waals surface area (Å²) in [6.45, 7) is 3.60. The van der Waals surface area contributed by atoms with Gasteiger partial charge in [-0.05, 0) is 55.3 Å². The maximum Gasteiger partial charge on any atom is 0.125 e. The summed E-state index contributed by atoms with van der Waals surface area (Å²) in [5.74, 6) is 1.72. The Morgan fingerprint density at radius 3 is 2.88 bits per heavy atom. The quantitative estimate of drug-likeness (QED) is 0.769. The summed E-state index contributed by atoms with van der Waals surface area (Å²) >= 11 is 0. The second kappa shape index (κ2) is 8.78. The zero-order valence-electron chi connectivity index (χ0n) is 14.1. The summed E-state index contributed by atoms with van der Waals surface area (Å²) in [6.07, 6.45) is 2.32. The number of aliphatic hydroxyl groups is 1. The number of β-amino-alcohol motifs (C(OH)–C–C–N with tert-alkyl or cyclic N) is 1. The molecule has 1 aliphatic heterocycles. The van der Waals surface area contributed by atoms with Gasteiger partial charge in [0.15, 0.2) is 0 Å². The van der Waals surface area contributed by atoms with E-state index in [0.717, 1.165) is 31.9 Å². The Hall–Kier alpha value is -2.18. The van der Waals surface area contributed by atoms with Crippen molar-refractivity contribution in [3.63, 3.8) is 0 Å². The molecule has 0 saturated carbocycles. The number of halogens is 1. The number of pyridine rings is 1. The lowest BCUT2D eigenvalue weighted by Crippen LogP contribution is -2.34. The molecule has 0 amide bonds. The van der Waals surface area contributed by atoms with Crippen molar-refractivity contribution in [1.82, 2.24) is 9.88 Å². The molecular weight excluding hydrogens is 321 g/mol. The standard InChI is InChI=1S/C19H24FN3O2/c20-16-4-6-18(7-5-16)25-14-17(24)13-23-10-8-15(12-23)11-22-19-3-1-2-9-21-19/h1-7,9,15,17,24H,8,10-14H2,(H,21,22)/t15-,17+/m1/s1. The minimum Gasteiger partial charge on any atom is -0.491 e. The van der Waals surface area contributed by atoms with Crippen molar-refractivity contribution < 1.29 is 14.2 Å². The van der Waals surface area contributed by atoms with E-state index in [2.05, 4.69) is 15.2 Å². The van der Waals surface area contributed by atoms with Crippen LogP contribution in [-0.2, 0) is 0 Å². The molecule has 1 aromatic heterocycles. The number of aliphatic hydroxyl groups excluding tert-OH is 1. The molecule has 1 saturated heterocycles. The first-order valence-corrected chi connectivity index (χ1v) is 8.63. The zero-order chi connectivity index (χ0) is 17.5. The molecule has 5 nitrogen and oxygen atoms in total. The highest BCUT2D eigenvalue weighted by Gasteiger charge is 2.24. The SMILES string of the molecule is O[C@H](COc1ccc(F)cc1)CN1CC[C@H](CNc2ccccn2)C1. The molecule has 0 unspecified atom stereocenters. The highest BCUT2D eigenvalue weighted by atomic mass is 19.1. The zero-order valence-corrected chi connectivity index (χ0v) is 14.1. The van der Waals surface area contributed by atoms with Crippen molar-refractivity contribution in [1.29, 1.82) is 0 Å². The third-order valence-electron chi connectivity index (χ3n) is 4.33. The Morgan fingerprint density at radius 2 is 2.12 bits per heavy atom. The second-order valence-electron chi connectivity index (χ2n) is 6.43. The van der Waals surface area contributed by atoms with Gasteiger partial charge in [-0.15, -0.1) is 0 Å². The number of nitrogens with one attached hydrogen (secondary N) is 1. The van der Waals surface area contributed by atoms with Crippen LogP contribution in [0.25, 0.3) is 0 Å². The van der Waals surface area contributed by atoms with E-state index in [9.17, 15) is 9.50 Å². The average molecular weight is 345 g/mol. The van der Waals surface area contributed by atoms with Gasteiger partial charge in [0.1, 0.15) is 30.1 Å².